The highest BCUT2D eigenvalue weighted by Crippen LogP contribution is 2.27. The summed E-state index contributed by atoms with van der Waals surface area (Å²) in [6, 6.07) is 25.1. The van der Waals surface area contributed by atoms with E-state index in [-0.39, 0.29) is 29.8 Å². The van der Waals surface area contributed by atoms with Crippen molar-refractivity contribution in [1.29, 1.82) is 0 Å². The van der Waals surface area contributed by atoms with Crippen LogP contribution in [0.1, 0.15) is 24.0 Å². The zero-order chi connectivity index (χ0) is 23.3. The van der Waals surface area contributed by atoms with Crippen molar-refractivity contribution in [1.82, 2.24) is 9.21 Å². The second-order valence-electron chi connectivity index (χ2n) is 8.27. The molecule has 1 aliphatic rings. The minimum Gasteiger partial charge on any atom is -0.334 e. The third-order valence-corrected chi connectivity index (χ3v) is 7.93. The minimum absolute atomic E-state index is 0.0191. The lowest BCUT2D eigenvalue weighted by Gasteiger charge is -2.34. The van der Waals surface area contributed by atoms with Crippen molar-refractivity contribution in [2.24, 2.45) is 5.92 Å². The number of piperidine rings is 1. The molecule has 1 aliphatic heterocycles. The van der Waals surface area contributed by atoms with E-state index in [0.29, 0.717) is 25.9 Å². The second-order valence-corrected chi connectivity index (χ2v) is 10.2. The van der Waals surface area contributed by atoms with Crippen LogP contribution in [0.25, 0.3) is 0 Å². The summed E-state index contributed by atoms with van der Waals surface area (Å²) < 4.78 is 41.2. The lowest BCUT2D eigenvalue weighted by atomic mass is 9.96. The smallest absolute Gasteiger partial charge is 0.245 e. The van der Waals surface area contributed by atoms with E-state index in [4.69, 9.17) is 0 Å². The van der Waals surface area contributed by atoms with E-state index in [9.17, 15) is 17.6 Å². The van der Waals surface area contributed by atoms with Crippen LogP contribution >= 0.6 is 0 Å². The van der Waals surface area contributed by atoms with Gasteiger partial charge in [-0.3, -0.25) is 4.79 Å². The van der Waals surface area contributed by atoms with Crippen LogP contribution in [0.15, 0.2) is 89.8 Å². The molecule has 0 radical (unpaired) electrons. The zero-order valence-electron chi connectivity index (χ0n) is 18.3. The number of hydrogen-bond acceptors (Lipinski definition) is 3. The second kappa shape index (κ2) is 10.3. The highest BCUT2D eigenvalue weighted by Gasteiger charge is 2.35. The summed E-state index contributed by atoms with van der Waals surface area (Å²) in [6.07, 6.45) is 0.819. The molecule has 7 heteroatoms. The number of benzene rings is 3. The van der Waals surface area contributed by atoms with Gasteiger partial charge in [0.05, 0.1) is 0 Å². The Bertz CT molecular complexity index is 1140. The van der Waals surface area contributed by atoms with E-state index >= 15 is 0 Å². The van der Waals surface area contributed by atoms with Crippen LogP contribution in [0, 0.1) is 11.7 Å². The lowest BCUT2D eigenvalue weighted by Crippen LogP contribution is -2.44. The first-order valence-corrected chi connectivity index (χ1v) is 12.5. The van der Waals surface area contributed by atoms with Gasteiger partial charge in [0.25, 0.3) is 0 Å². The van der Waals surface area contributed by atoms with Crippen LogP contribution in [0.4, 0.5) is 4.39 Å². The third-order valence-electron chi connectivity index (χ3n) is 6.00. The molecule has 33 heavy (non-hydrogen) atoms. The number of rotatable bonds is 7. The zero-order valence-corrected chi connectivity index (χ0v) is 19.1. The molecule has 0 aromatic heterocycles. The van der Waals surface area contributed by atoms with Crippen molar-refractivity contribution in [2.45, 2.75) is 30.8 Å². The summed E-state index contributed by atoms with van der Waals surface area (Å²) in [5.41, 5.74) is 2.09. The van der Waals surface area contributed by atoms with E-state index in [2.05, 4.69) is 0 Å². The maximum absolute atomic E-state index is 14.1. The number of nitrogens with zero attached hydrogens (tertiary/aromatic N) is 2. The van der Waals surface area contributed by atoms with Gasteiger partial charge in [-0.15, -0.1) is 0 Å². The number of halogens is 1. The molecule has 0 atom stereocenters. The van der Waals surface area contributed by atoms with Crippen molar-refractivity contribution >= 4 is 15.9 Å². The fourth-order valence-electron chi connectivity index (χ4n) is 4.21. The highest BCUT2D eigenvalue weighted by atomic mass is 32.2. The normalized spacial score (nSPS) is 15.3. The molecular weight excluding hydrogens is 439 g/mol. The van der Waals surface area contributed by atoms with Crippen LogP contribution in [-0.4, -0.2) is 36.6 Å². The summed E-state index contributed by atoms with van der Waals surface area (Å²) in [4.78, 5) is 15.0. The van der Waals surface area contributed by atoms with Gasteiger partial charge in [-0.1, -0.05) is 72.8 Å². The maximum Gasteiger partial charge on any atom is 0.245 e. The monoisotopic (exact) mass is 466 g/mol. The average Bonchev–Trinajstić information content (AvgIpc) is 2.85. The van der Waals surface area contributed by atoms with Gasteiger partial charge in [0, 0.05) is 32.1 Å². The largest absolute Gasteiger partial charge is 0.334 e. The molecule has 1 heterocycles. The molecule has 4 rings (SSSR count). The molecule has 1 saturated heterocycles. The topological polar surface area (TPSA) is 57.7 Å². The molecule has 0 N–H and O–H groups in total. The van der Waals surface area contributed by atoms with E-state index in [1.54, 1.807) is 0 Å². The van der Waals surface area contributed by atoms with E-state index in [1.165, 1.54) is 22.5 Å². The predicted molar refractivity (Wildman–Crippen MR) is 125 cm³/mol. The molecule has 0 bridgehead atoms. The van der Waals surface area contributed by atoms with E-state index in [1.807, 2.05) is 65.6 Å². The SMILES string of the molecule is O=C(C1CCN(S(=O)(=O)c2ccccc2F)CC1)N(Cc1ccccc1)Cc1ccccc1. The summed E-state index contributed by atoms with van der Waals surface area (Å²) in [7, 11) is -3.93. The molecule has 0 saturated carbocycles. The van der Waals surface area contributed by atoms with E-state index < -0.39 is 15.8 Å². The van der Waals surface area contributed by atoms with Gasteiger partial charge in [0.1, 0.15) is 10.7 Å². The summed E-state index contributed by atoms with van der Waals surface area (Å²) in [6.45, 7) is 1.36. The van der Waals surface area contributed by atoms with Gasteiger partial charge in [0.15, 0.2) is 0 Å². The molecule has 1 amide bonds. The molecule has 0 aliphatic carbocycles. The quantitative estimate of drug-likeness (QED) is 0.517. The van der Waals surface area contributed by atoms with Crippen molar-refractivity contribution in [3.8, 4) is 0 Å². The Balaban J connectivity index is 1.47. The lowest BCUT2D eigenvalue weighted by molar-refractivity contribution is -0.138. The fourth-order valence-corrected chi connectivity index (χ4v) is 5.75. The molecule has 3 aromatic rings. The minimum atomic E-state index is -3.93. The van der Waals surface area contributed by atoms with Crippen molar-refractivity contribution < 1.29 is 17.6 Å². The first kappa shape index (κ1) is 23.1. The average molecular weight is 467 g/mol. The van der Waals surface area contributed by atoms with Gasteiger partial charge in [-0.25, -0.2) is 12.8 Å². The van der Waals surface area contributed by atoms with Gasteiger partial charge in [-0.2, -0.15) is 4.31 Å². The van der Waals surface area contributed by atoms with Gasteiger partial charge in [-0.05, 0) is 36.1 Å². The van der Waals surface area contributed by atoms with E-state index in [0.717, 1.165) is 17.2 Å². The molecule has 1 fully saturated rings. The number of hydrogen-bond donors (Lipinski definition) is 0. The van der Waals surface area contributed by atoms with Crippen LogP contribution < -0.4 is 0 Å². The van der Waals surface area contributed by atoms with Crippen LogP contribution in [0.5, 0.6) is 0 Å². The van der Waals surface area contributed by atoms with Crippen molar-refractivity contribution in [3.63, 3.8) is 0 Å². The Morgan fingerprint density at radius 2 is 1.30 bits per heavy atom. The predicted octanol–water partition coefficient (Wildman–Crippen LogP) is 4.46. The van der Waals surface area contributed by atoms with Crippen molar-refractivity contribution in [3.05, 3.63) is 102 Å². The Morgan fingerprint density at radius 1 is 0.818 bits per heavy atom. The molecule has 172 valence electrons. The first-order valence-electron chi connectivity index (χ1n) is 11.1. The van der Waals surface area contributed by atoms with Crippen LogP contribution in [-0.2, 0) is 27.9 Å². The molecular formula is C26H27FN2O3S. The Kier molecular flexibility index (Phi) is 7.20. The van der Waals surface area contributed by atoms with Gasteiger partial charge < -0.3 is 4.90 Å². The van der Waals surface area contributed by atoms with Gasteiger partial charge >= 0.3 is 0 Å². The standard InChI is InChI=1S/C26H27FN2O3S/c27-24-13-7-8-14-25(24)33(31,32)29-17-15-23(16-18-29)26(30)28(19-21-9-3-1-4-10-21)20-22-11-5-2-6-12-22/h1-14,23H,15-20H2. The Labute approximate surface area is 194 Å². The Morgan fingerprint density at radius 3 is 1.82 bits per heavy atom. The molecule has 0 spiro atoms. The first-order chi connectivity index (χ1) is 15.9. The number of amides is 1. The fraction of sp³-hybridized carbons (Fsp3) is 0.269. The summed E-state index contributed by atoms with van der Waals surface area (Å²) in [5.74, 6) is -1.01. The maximum atomic E-state index is 14.1. The molecule has 3 aromatic carbocycles. The number of sulfonamides is 1. The van der Waals surface area contributed by atoms with Crippen LogP contribution in [0.3, 0.4) is 0 Å². The van der Waals surface area contributed by atoms with Crippen LogP contribution in [0.2, 0.25) is 0 Å². The summed E-state index contributed by atoms with van der Waals surface area (Å²) >= 11 is 0. The number of carbonyl (C=O) groups is 1. The summed E-state index contributed by atoms with van der Waals surface area (Å²) in [5, 5.41) is 0. The Hall–Kier alpha value is -3.03. The molecule has 0 unspecified atom stereocenters. The third kappa shape index (κ3) is 5.49. The number of carbonyl (C=O) groups excluding carboxylic acids is 1. The van der Waals surface area contributed by atoms with Crippen molar-refractivity contribution in [2.75, 3.05) is 13.1 Å². The molecule has 5 nitrogen and oxygen atoms in total. The van der Waals surface area contributed by atoms with Gasteiger partial charge in [0.2, 0.25) is 15.9 Å². The highest BCUT2D eigenvalue weighted by molar-refractivity contribution is 7.89.